The summed E-state index contributed by atoms with van der Waals surface area (Å²) in [6.45, 7) is 0. The van der Waals surface area contributed by atoms with E-state index in [9.17, 15) is 8.42 Å². The Morgan fingerprint density at radius 1 is 1.10 bits per heavy atom. The van der Waals surface area contributed by atoms with E-state index in [1.54, 1.807) is 0 Å². The maximum atomic E-state index is 12.3. The first-order valence-corrected chi connectivity index (χ1v) is 7.85. The number of anilines is 2. The Morgan fingerprint density at radius 3 is 2.43 bits per heavy atom. The highest BCUT2D eigenvalue weighted by molar-refractivity contribution is 7.92. The van der Waals surface area contributed by atoms with Crippen molar-refractivity contribution in [3.8, 4) is 6.07 Å². The molecule has 0 fully saturated rings. The van der Waals surface area contributed by atoms with E-state index < -0.39 is 10.0 Å². The van der Waals surface area contributed by atoms with E-state index in [1.165, 1.54) is 36.4 Å². The Balaban J connectivity index is 2.43. The second-order valence-corrected chi connectivity index (χ2v) is 6.57. The first kappa shape index (κ1) is 15.4. The van der Waals surface area contributed by atoms with Gasteiger partial charge in [-0.05, 0) is 36.4 Å². The highest BCUT2D eigenvalue weighted by atomic mass is 35.5. The van der Waals surface area contributed by atoms with Crippen molar-refractivity contribution in [2.75, 3.05) is 10.5 Å². The zero-order valence-corrected chi connectivity index (χ0v) is 12.8. The summed E-state index contributed by atoms with van der Waals surface area (Å²) in [4.78, 5) is -0.149. The lowest BCUT2D eigenvalue weighted by atomic mass is 10.2. The van der Waals surface area contributed by atoms with Crippen molar-refractivity contribution in [3.63, 3.8) is 0 Å². The smallest absolute Gasteiger partial charge is 0.263 e. The highest BCUT2D eigenvalue weighted by Crippen LogP contribution is 2.29. The summed E-state index contributed by atoms with van der Waals surface area (Å²) >= 11 is 11.8. The molecule has 5 nitrogen and oxygen atoms in total. The number of sulfonamides is 1. The molecule has 0 heterocycles. The number of nitrogens with zero attached hydrogens (tertiary/aromatic N) is 1. The van der Waals surface area contributed by atoms with Crippen LogP contribution in [0.3, 0.4) is 0 Å². The van der Waals surface area contributed by atoms with Gasteiger partial charge in [0.1, 0.15) is 4.90 Å². The van der Waals surface area contributed by atoms with Gasteiger partial charge < -0.3 is 5.73 Å². The molecule has 0 atom stereocenters. The number of nitrogen functional groups attached to an aromatic ring is 1. The Hall–Kier alpha value is -1.94. The number of nitriles is 1. The van der Waals surface area contributed by atoms with E-state index in [-0.39, 0.29) is 26.3 Å². The first-order valence-electron chi connectivity index (χ1n) is 5.61. The third-order valence-corrected chi connectivity index (χ3v) is 4.75. The van der Waals surface area contributed by atoms with Gasteiger partial charge >= 0.3 is 0 Å². The van der Waals surface area contributed by atoms with Crippen LogP contribution in [0.5, 0.6) is 0 Å². The van der Waals surface area contributed by atoms with Gasteiger partial charge in [0.05, 0.1) is 27.4 Å². The molecule has 8 heteroatoms. The van der Waals surface area contributed by atoms with Gasteiger partial charge in [0.15, 0.2) is 0 Å². The molecule has 0 aliphatic carbocycles. The van der Waals surface area contributed by atoms with Crippen molar-refractivity contribution in [2.24, 2.45) is 0 Å². The number of nitrogens with two attached hydrogens (primary N) is 1. The van der Waals surface area contributed by atoms with Crippen molar-refractivity contribution in [1.29, 1.82) is 5.26 Å². The van der Waals surface area contributed by atoms with Crippen LogP contribution < -0.4 is 10.5 Å². The van der Waals surface area contributed by atoms with E-state index in [4.69, 9.17) is 34.2 Å². The molecular weight excluding hydrogens is 333 g/mol. The van der Waals surface area contributed by atoms with Crippen LogP contribution in [0.25, 0.3) is 0 Å². The summed E-state index contributed by atoms with van der Waals surface area (Å²) in [5.41, 5.74) is 6.31. The van der Waals surface area contributed by atoms with Gasteiger partial charge in [0.25, 0.3) is 10.0 Å². The lowest BCUT2D eigenvalue weighted by Gasteiger charge is -2.11. The SMILES string of the molecule is N#Cc1ccc(NS(=O)(=O)c2cc(N)ccc2Cl)c(Cl)c1. The average molecular weight is 342 g/mol. The number of rotatable bonds is 3. The molecule has 2 rings (SSSR count). The quantitative estimate of drug-likeness (QED) is 0.837. The number of halogens is 2. The van der Waals surface area contributed by atoms with Gasteiger partial charge in [0.2, 0.25) is 0 Å². The van der Waals surface area contributed by atoms with Crippen molar-refractivity contribution < 1.29 is 8.42 Å². The van der Waals surface area contributed by atoms with Gasteiger partial charge in [-0.25, -0.2) is 8.42 Å². The van der Waals surface area contributed by atoms with E-state index in [1.807, 2.05) is 6.07 Å². The maximum absolute atomic E-state index is 12.3. The van der Waals surface area contributed by atoms with E-state index in [2.05, 4.69) is 4.72 Å². The molecular formula is C13H9Cl2N3O2S. The summed E-state index contributed by atoms with van der Waals surface area (Å²) in [5.74, 6) is 0. The molecule has 0 amide bonds. The molecule has 108 valence electrons. The molecule has 0 saturated carbocycles. The molecule has 21 heavy (non-hydrogen) atoms. The first-order chi connectivity index (χ1) is 9.83. The van der Waals surface area contributed by atoms with Crippen molar-refractivity contribution in [2.45, 2.75) is 4.90 Å². The molecule has 0 aliphatic rings. The second-order valence-electron chi connectivity index (χ2n) is 4.10. The molecule has 0 aromatic heterocycles. The average Bonchev–Trinajstić information content (AvgIpc) is 2.43. The lowest BCUT2D eigenvalue weighted by molar-refractivity contribution is 0.601. The minimum atomic E-state index is -3.94. The summed E-state index contributed by atoms with van der Waals surface area (Å²) in [7, 11) is -3.94. The van der Waals surface area contributed by atoms with Gasteiger partial charge in [-0.2, -0.15) is 5.26 Å². The summed E-state index contributed by atoms with van der Waals surface area (Å²) in [6, 6.07) is 10.3. The molecule has 0 radical (unpaired) electrons. The van der Waals surface area contributed by atoms with E-state index in [0.29, 0.717) is 5.56 Å². The third kappa shape index (κ3) is 3.39. The number of hydrogen-bond donors (Lipinski definition) is 2. The van der Waals surface area contributed by atoms with Gasteiger partial charge in [0, 0.05) is 5.69 Å². The molecule has 2 aromatic rings. The van der Waals surface area contributed by atoms with Gasteiger partial charge in [-0.1, -0.05) is 23.2 Å². The molecule has 3 N–H and O–H groups in total. The Morgan fingerprint density at radius 2 is 1.81 bits per heavy atom. The molecule has 0 aliphatic heterocycles. The molecule has 0 saturated heterocycles. The predicted octanol–water partition coefficient (Wildman–Crippen LogP) is 3.25. The lowest BCUT2D eigenvalue weighted by Crippen LogP contribution is -2.14. The predicted molar refractivity (Wildman–Crippen MR) is 82.8 cm³/mol. The largest absolute Gasteiger partial charge is 0.399 e. The normalized spacial score (nSPS) is 10.9. The standard InChI is InChI=1S/C13H9Cl2N3O2S/c14-10-3-2-9(17)6-13(10)21(19,20)18-12-4-1-8(7-16)5-11(12)15/h1-6,18H,17H2. The molecule has 0 spiro atoms. The van der Waals surface area contributed by atoms with Crippen LogP contribution in [0.4, 0.5) is 11.4 Å². The van der Waals surface area contributed by atoms with Crippen LogP contribution in [0.15, 0.2) is 41.3 Å². The van der Waals surface area contributed by atoms with Crippen molar-refractivity contribution in [1.82, 2.24) is 0 Å². The van der Waals surface area contributed by atoms with E-state index in [0.717, 1.165) is 0 Å². The third-order valence-electron chi connectivity index (χ3n) is 2.59. The summed E-state index contributed by atoms with van der Waals surface area (Å²) in [6.07, 6.45) is 0. The van der Waals surface area contributed by atoms with Crippen LogP contribution in [0, 0.1) is 11.3 Å². The zero-order valence-electron chi connectivity index (χ0n) is 10.5. The number of benzene rings is 2. The molecule has 0 bridgehead atoms. The maximum Gasteiger partial charge on any atom is 0.263 e. The van der Waals surface area contributed by atoms with Gasteiger partial charge in [-0.15, -0.1) is 0 Å². The Kier molecular flexibility index (Phi) is 4.28. The summed E-state index contributed by atoms with van der Waals surface area (Å²) < 4.78 is 26.9. The second kappa shape index (κ2) is 5.82. The van der Waals surface area contributed by atoms with Crippen LogP contribution >= 0.6 is 23.2 Å². The van der Waals surface area contributed by atoms with Crippen molar-refractivity contribution >= 4 is 44.6 Å². The van der Waals surface area contributed by atoms with Crippen LogP contribution in [0.2, 0.25) is 10.0 Å². The van der Waals surface area contributed by atoms with Crippen LogP contribution in [-0.2, 0) is 10.0 Å². The monoisotopic (exact) mass is 341 g/mol. The Labute approximate surface area is 132 Å². The van der Waals surface area contributed by atoms with Crippen LogP contribution in [-0.4, -0.2) is 8.42 Å². The fourth-order valence-corrected chi connectivity index (χ4v) is 3.49. The fraction of sp³-hybridized carbons (Fsp3) is 0. The summed E-state index contributed by atoms with van der Waals surface area (Å²) in [5, 5.41) is 8.90. The molecule has 0 unspecified atom stereocenters. The fourth-order valence-electron chi connectivity index (χ4n) is 1.59. The minimum Gasteiger partial charge on any atom is -0.399 e. The molecule has 2 aromatic carbocycles. The minimum absolute atomic E-state index is 0.0430. The van der Waals surface area contributed by atoms with Gasteiger partial charge in [-0.3, -0.25) is 4.72 Å². The highest BCUT2D eigenvalue weighted by Gasteiger charge is 2.19. The zero-order chi connectivity index (χ0) is 15.6. The number of nitrogens with one attached hydrogen (secondary N) is 1. The Bertz CT molecular complexity index is 845. The van der Waals surface area contributed by atoms with Crippen molar-refractivity contribution in [3.05, 3.63) is 52.0 Å². The topological polar surface area (TPSA) is 96.0 Å². The van der Waals surface area contributed by atoms with Crippen LogP contribution in [0.1, 0.15) is 5.56 Å². The number of hydrogen-bond acceptors (Lipinski definition) is 4. The van der Waals surface area contributed by atoms with E-state index >= 15 is 0 Å².